The van der Waals surface area contributed by atoms with Gasteiger partial charge in [0.25, 0.3) is 0 Å². The topological polar surface area (TPSA) is 130 Å². The van der Waals surface area contributed by atoms with Crippen LogP contribution in [0.5, 0.6) is 0 Å². The van der Waals surface area contributed by atoms with Crippen molar-refractivity contribution in [1.82, 2.24) is 9.97 Å². The molecule has 0 saturated heterocycles. The highest BCUT2D eigenvalue weighted by atomic mass is 35.5. The minimum absolute atomic E-state index is 0.0491. The number of nitrogens with zero attached hydrogens (tertiary/aromatic N) is 3. The fourth-order valence-electron chi connectivity index (χ4n) is 3.45. The van der Waals surface area contributed by atoms with Gasteiger partial charge in [-0.25, -0.2) is 4.98 Å². The summed E-state index contributed by atoms with van der Waals surface area (Å²) < 4.78 is 0. The molecule has 0 atom stereocenters. The summed E-state index contributed by atoms with van der Waals surface area (Å²) in [5, 5.41) is 27.0. The Kier molecular flexibility index (Phi) is 6.82. The molecule has 0 bridgehead atoms. The molecule has 0 spiro atoms. The van der Waals surface area contributed by atoms with Crippen molar-refractivity contribution in [3.05, 3.63) is 45.6 Å². The Hall–Kier alpha value is -2.94. The van der Waals surface area contributed by atoms with E-state index in [0.717, 1.165) is 25.7 Å². The predicted octanol–water partition coefficient (Wildman–Crippen LogP) is 4.62. The van der Waals surface area contributed by atoms with Crippen molar-refractivity contribution in [2.45, 2.75) is 44.6 Å². The van der Waals surface area contributed by atoms with Crippen LogP contribution in [0.15, 0.2) is 30.5 Å². The van der Waals surface area contributed by atoms with Crippen LogP contribution in [0.3, 0.4) is 0 Å². The van der Waals surface area contributed by atoms with Crippen LogP contribution in [-0.4, -0.2) is 32.0 Å². The number of rotatable bonds is 8. The Bertz CT molecular complexity index is 869. The van der Waals surface area contributed by atoms with Gasteiger partial charge in [-0.2, -0.15) is 4.98 Å². The molecule has 3 rings (SSSR count). The van der Waals surface area contributed by atoms with Crippen molar-refractivity contribution < 1.29 is 14.8 Å². The molecule has 1 aliphatic carbocycles. The molecule has 0 unspecified atom stereocenters. The molecule has 1 aromatic carbocycles. The third-order valence-corrected chi connectivity index (χ3v) is 5.27. The lowest BCUT2D eigenvalue weighted by atomic mass is 9.83. The van der Waals surface area contributed by atoms with E-state index in [2.05, 4.69) is 20.6 Å². The van der Waals surface area contributed by atoms with E-state index in [0.29, 0.717) is 23.0 Å². The van der Waals surface area contributed by atoms with Crippen LogP contribution >= 0.6 is 11.6 Å². The number of carbonyl (C=O) groups is 1. The van der Waals surface area contributed by atoms with Gasteiger partial charge in [-0.05, 0) is 62.3 Å². The van der Waals surface area contributed by atoms with Crippen molar-refractivity contribution in [3.8, 4) is 0 Å². The molecule has 1 saturated carbocycles. The van der Waals surface area contributed by atoms with E-state index < -0.39 is 10.9 Å². The highest BCUT2D eigenvalue weighted by Crippen LogP contribution is 2.31. The first-order chi connectivity index (χ1) is 13.9. The first-order valence-electron chi connectivity index (χ1n) is 9.43. The maximum absolute atomic E-state index is 11.4. The molecule has 1 aromatic heterocycles. The molecule has 1 fully saturated rings. The number of aromatic nitrogens is 2. The standard InChI is InChI=1S/C19H22ClN5O4/c20-13-4-8-15(9-5-13)23-19-21-11-16(25(28)29)18(24-19)22-14-6-1-12(2-7-14)3-10-17(26)27/h4-5,8-9,11-12,14H,1-3,6-7,10H2,(H,26,27)(H2,21,22,23,24). The van der Waals surface area contributed by atoms with Gasteiger partial charge in [0.05, 0.1) is 4.92 Å². The minimum atomic E-state index is -0.775. The number of carboxylic acids is 1. The highest BCUT2D eigenvalue weighted by molar-refractivity contribution is 6.30. The Morgan fingerprint density at radius 2 is 1.93 bits per heavy atom. The van der Waals surface area contributed by atoms with E-state index in [1.54, 1.807) is 24.3 Å². The van der Waals surface area contributed by atoms with Gasteiger partial charge in [0.2, 0.25) is 11.8 Å². The summed E-state index contributed by atoms with van der Waals surface area (Å²) in [6, 6.07) is 7.01. The van der Waals surface area contributed by atoms with Crippen molar-refractivity contribution in [2.24, 2.45) is 5.92 Å². The third-order valence-electron chi connectivity index (χ3n) is 5.02. The molecule has 0 radical (unpaired) electrons. The normalized spacial score (nSPS) is 18.8. The van der Waals surface area contributed by atoms with Gasteiger partial charge >= 0.3 is 11.7 Å². The molecular formula is C19H22ClN5O4. The molecule has 0 amide bonds. The fraction of sp³-hybridized carbons (Fsp3) is 0.421. The van der Waals surface area contributed by atoms with Crippen molar-refractivity contribution in [3.63, 3.8) is 0 Å². The maximum atomic E-state index is 11.4. The minimum Gasteiger partial charge on any atom is -0.481 e. The fourth-order valence-corrected chi connectivity index (χ4v) is 3.58. The lowest BCUT2D eigenvalue weighted by Gasteiger charge is -2.29. The van der Waals surface area contributed by atoms with E-state index in [9.17, 15) is 14.9 Å². The zero-order valence-corrected chi connectivity index (χ0v) is 16.4. The number of benzene rings is 1. The van der Waals surface area contributed by atoms with E-state index in [4.69, 9.17) is 16.7 Å². The second-order valence-electron chi connectivity index (χ2n) is 7.11. The van der Waals surface area contributed by atoms with Crippen LogP contribution in [0.2, 0.25) is 5.02 Å². The molecule has 154 valence electrons. The molecule has 2 aromatic rings. The summed E-state index contributed by atoms with van der Waals surface area (Å²) in [4.78, 5) is 29.9. The summed E-state index contributed by atoms with van der Waals surface area (Å²) >= 11 is 5.88. The number of halogens is 1. The Balaban J connectivity index is 1.66. The first kappa shape index (κ1) is 20.8. The van der Waals surface area contributed by atoms with Crippen LogP contribution < -0.4 is 10.6 Å². The third kappa shape index (κ3) is 6.02. The van der Waals surface area contributed by atoms with Crippen molar-refractivity contribution >= 4 is 40.7 Å². The molecule has 29 heavy (non-hydrogen) atoms. The number of hydrogen-bond donors (Lipinski definition) is 3. The monoisotopic (exact) mass is 419 g/mol. The van der Waals surface area contributed by atoms with Crippen LogP contribution in [0.1, 0.15) is 38.5 Å². The zero-order valence-electron chi connectivity index (χ0n) is 15.7. The van der Waals surface area contributed by atoms with E-state index >= 15 is 0 Å². The second kappa shape index (κ2) is 9.51. The zero-order chi connectivity index (χ0) is 20.8. The van der Waals surface area contributed by atoms with Gasteiger partial charge in [-0.3, -0.25) is 14.9 Å². The Morgan fingerprint density at radius 1 is 1.24 bits per heavy atom. The average molecular weight is 420 g/mol. The predicted molar refractivity (Wildman–Crippen MR) is 110 cm³/mol. The molecule has 1 heterocycles. The van der Waals surface area contributed by atoms with Crippen LogP contribution in [-0.2, 0) is 4.79 Å². The Labute approximate surface area is 172 Å². The molecule has 0 aliphatic heterocycles. The SMILES string of the molecule is O=C(O)CCC1CCC(Nc2nc(Nc3ccc(Cl)cc3)ncc2[N+](=O)[O-])CC1. The first-order valence-corrected chi connectivity index (χ1v) is 9.81. The smallest absolute Gasteiger partial charge is 0.329 e. The lowest BCUT2D eigenvalue weighted by Crippen LogP contribution is -2.27. The van der Waals surface area contributed by atoms with Gasteiger partial charge in [0.1, 0.15) is 6.20 Å². The highest BCUT2D eigenvalue weighted by Gasteiger charge is 2.25. The molecule has 1 aliphatic rings. The number of nitro groups is 1. The quantitative estimate of drug-likeness (QED) is 0.417. The average Bonchev–Trinajstić information content (AvgIpc) is 2.69. The number of hydrogen-bond acceptors (Lipinski definition) is 7. The van der Waals surface area contributed by atoms with Crippen molar-refractivity contribution in [2.75, 3.05) is 10.6 Å². The largest absolute Gasteiger partial charge is 0.481 e. The van der Waals surface area contributed by atoms with E-state index in [1.807, 2.05) is 0 Å². The number of aliphatic carboxylic acids is 1. The number of nitrogens with one attached hydrogen (secondary N) is 2. The molecule has 10 heteroatoms. The second-order valence-corrected chi connectivity index (χ2v) is 7.55. The molecule has 9 nitrogen and oxygen atoms in total. The molecular weight excluding hydrogens is 398 g/mol. The summed E-state index contributed by atoms with van der Waals surface area (Å²) in [6.45, 7) is 0. The van der Waals surface area contributed by atoms with Crippen LogP contribution in [0, 0.1) is 16.0 Å². The van der Waals surface area contributed by atoms with E-state index in [1.165, 1.54) is 6.20 Å². The molecule has 3 N–H and O–H groups in total. The van der Waals surface area contributed by atoms with Gasteiger partial charge < -0.3 is 15.7 Å². The summed E-state index contributed by atoms with van der Waals surface area (Å²) in [5.41, 5.74) is 0.535. The number of carboxylic acid groups (broad SMARTS) is 1. The summed E-state index contributed by atoms with van der Waals surface area (Å²) in [5.74, 6) is 0.0280. The van der Waals surface area contributed by atoms with Gasteiger partial charge in [-0.1, -0.05) is 11.6 Å². The number of anilines is 3. The Morgan fingerprint density at radius 3 is 2.55 bits per heavy atom. The van der Waals surface area contributed by atoms with Crippen LogP contribution in [0.4, 0.5) is 23.1 Å². The van der Waals surface area contributed by atoms with Gasteiger partial charge in [0.15, 0.2) is 0 Å². The summed E-state index contributed by atoms with van der Waals surface area (Å²) in [6.07, 6.45) is 5.44. The summed E-state index contributed by atoms with van der Waals surface area (Å²) in [7, 11) is 0. The maximum Gasteiger partial charge on any atom is 0.329 e. The lowest BCUT2D eigenvalue weighted by molar-refractivity contribution is -0.384. The van der Waals surface area contributed by atoms with Crippen LogP contribution in [0.25, 0.3) is 0 Å². The van der Waals surface area contributed by atoms with Crippen molar-refractivity contribution in [1.29, 1.82) is 0 Å². The van der Waals surface area contributed by atoms with Gasteiger partial charge in [-0.15, -0.1) is 0 Å². The van der Waals surface area contributed by atoms with E-state index in [-0.39, 0.29) is 29.9 Å². The van der Waals surface area contributed by atoms with Gasteiger partial charge in [0, 0.05) is 23.2 Å².